The maximum absolute atomic E-state index is 12.9. The van der Waals surface area contributed by atoms with Crippen molar-refractivity contribution in [3.8, 4) is 0 Å². The fourth-order valence-electron chi connectivity index (χ4n) is 3.74. The molecule has 1 heterocycles. The van der Waals surface area contributed by atoms with Crippen molar-refractivity contribution in [3.63, 3.8) is 0 Å². The summed E-state index contributed by atoms with van der Waals surface area (Å²) >= 11 is 0. The molecule has 2 aliphatic rings. The average molecular weight is 328 g/mol. The minimum absolute atomic E-state index is 0.0866. The highest BCUT2D eigenvalue weighted by atomic mass is 16.2. The lowest BCUT2D eigenvalue weighted by Crippen LogP contribution is -2.54. The van der Waals surface area contributed by atoms with Gasteiger partial charge in [-0.05, 0) is 30.9 Å². The Labute approximate surface area is 142 Å². The molecule has 0 saturated heterocycles. The first kappa shape index (κ1) is 16.7. The number of Topliss-reactive ketones (excluding diaryl/α,β-unsaturated/α-hetero) is 1. The molecule has 1 unspecified atom stereocenters. The average Bonchev–Trinajstić information content (AvgIpc) is 2.81. The van der Waals surface area contributed by atoms with E-state index >= 15 is 0 Å². The van der Waals surface area contributed by atoms with Crippen LogP contribution in [0.1, 0.15) is 56.3 Å². The van der Waals surface area contributed by atoms with Gasteiger partial charge in [-0.15, -0.1) is 0 Å². The molecule has 1 atom stereocenters. The van der Waals surface area contributed by atoms with E-state index in [0.717, 1.165) is 25.7 Å². The molecule has 5 nitrogen and oxygen atoms in total. The molecule has 1 fully saturated rings. The molecule has 5 heteroatoms. The maximum atomic E-state index is 12.9. The van der Waals surface area contributed by atoms with E-state index in [0.29, 0.717) is 11.3 Å². The van der Waals surface area contributed by atoms with Gasteiger partial charge in [-0.25, -0.2) is 0 Å². The summed E-state index contributed by atoms with van der Waals surface area (Å²) in [6.07, 6.45) is 5.44. The predicted molar refractivity (Wildman–Crippen MR) is 91.9 cm³/mol. The molecule has 1 saturated carbocycles. The second kappa shape index (κ2) is 6.75. The number of amides is 2. The van der Waals surface area contributed by atoms with Crippen LogP contribution in [-0.2, 0) is 9.59 Å². The van der Waals surface area contributed by atoms with Gasteiger partial charge in [0.1, 0.15) is 6.04 Å². The highest BCUT2D eigenvalue weighted by Gasteiger charge is 2.43. The second-order valence-corrected chi connectivity index (χ2v) is 7.05. The number of hydrogen-bond acceptors (Lipinski definition) is 3. The molecule has 1 aromatic carbocycles. The number of carbonyl (C=O) groups excluding carboxylic acids is 3. The molecule has 2 amide bonds. The van der Waals surface area contributed by atoms with Gasteiger partial charge in [0, 0.05) is 6.04 Å². The lowest BCUT2D eigenvalue weighted by atomic mass is 9.94. The third kappa shape index (κ3) is 2.95. The van der Waals surface area contributed by atoms with Crippen LogP contribution in [0.25, 0.3) is 0 Å². The number of anilines is 1. The van der Waals surface area contributed by atoms with Crippen molar-refractivity contribution in [2.45, 2.75) is 58.0 Å². The molecule has 1 aliphatic heterocycles. The molecule has 1 aliphatic carbocycles. The standard InChI is InChI=1S/C19H24N2O3/c1-12(2)16(18(23)20-13-8-4-3-5-9-13)21-15-11-7-6-10-14(15)17(22)19(21)24/h6-7,10-13,16H,3-5,8-9H2,1-2H3,(H,20,23). The third-order valence-electron chi connectivity index (χ3n) is 4.95. The predicted octanol–water partition coefficient (Wildman–Crippen LogP) is 2.69. The SMILES string of the molecule is CC(C)C(C(=O)NC1CCCCC1)N1C(=O)C(=O)c2ccccc21. The smallest absolute Gasteiger partial charge is 0.300 e. The Morgan fingerprint density at radius 3 is 2.46 bits per heavy atom. The Bertz CT molecular complexity index is 662. The van der Waals surface area contributed by atoms with E-state index < -0.39 is 17.7 Å². The summed E-state index contributed by atoms with van der Waals surface area (Å²) in [5.74, 6) is -1.37. The Morgan fingerprint density at radius 2 is 1.79 bits per heavy atom. The number of nitrogens with one attached hydrogen (secondary N) is 1. The molecule has 0 bridgehead atoms. The van der Waals surface area contributed by atoms with Crippen LogP contribution in [0.15, 0.2) is 24.3 Å². The Hall–Kier alpha value is -2.17. The molecule has 0 spiro atoms. The summed E-state index contributed by atoms with van der Waals surface area (Å²) in [5.41, 5.74) is 0.934. The summed E-state index contributed by atoms with van der Waals surface area (Å²) in [7, 11) is 0. The fraction of sp³-hybridized carbons (Fsp3) is 0.526. The van der Waals surface area contributed by atoms with Crippen molar-refractivity contribution in [1.29, 1.82) is 0 Å². The van der Waals surface area contributed by atoms with E-state index in [1.165, 1.54) is 11.3 Å². The number of benzene rings is 1. The van der Waals surface area contributed by atoms with Gasteiger partial charge in [-0.2, -0.15) is 0 Å². The Kier molecular flexibility index (Phi) is 4.69. The molecule has 0 aromatic heterocycles. The summed E-state index contributed by atoms with van der Waals surface area (Å²) < 4.78 is 0. The van der Waals surface area contributed by atoms with Crippen molar-refractivity contribution < 1.29 is 14.4 Å². The zero-order valence-corrected chi connectivity index (χ0v) is 14.2. The lowest BCUT2D eigenvalue weighted by molar-refractivity contribution is -0.126. The lowest BCUT2D eigenvalue weighted by Gasteiger charge is -2.32. The Balaban J connectivity index is 1.87. The topological polar surface area (TPSA) is 66.5 Å². The first-order chi connectivity index (χ1) is 11.5. The van der Waals surface area contributed by atoms with Crippen LogP contribution < -0.4 is 10.2 Å². The van der Waals surface area contributed by atoms with Crippen LogP contribution in [-0.4, -0.2) is 29.7 Å². The van der Waals surface area contributed by atoms with Crippen LogP contribution in [0.5, 0.6) is 0 Å². The molecular formula is C19H24N2O3. The molecule has 24 heavy (non-hydrogen) atoms. The van der Waals surface area contributed by atoms with Gasteiger partial charge in [-0.1, -0.05) is 45.2 Å². The van der Waals surface area contributed by atoms with Crippen molar-refractivity contribution in [2.75, 3.05) is 4.90 Å². The van der Waals surface area contributed by atoms with Gasteiger partial charge in [0.15, 0.2) is 0 Å². The summed E-state index contributed by atoms with van der Waals surface area (Å²) in [6, 6.07) is 6.42. The summed E-state index contributed by atoms with van der Waals surface area (Å²) in [6.45, 7) is 3.81. The van der Waals surface area contributed by atoms with Crippen LogP contribution in [0.4, 0.5) is 5.69 Å². The molecule has 3 rings (SSSR count). The van der Waals surface area contributed by atoms with Gasteiger partial charge in [0.2, 0.25) is 5.91 Å². The van der Waals surface area contributed by atoms with Gasteiger partial charge in [0.25, 0.3) is 11.7 Å². The van der Waals surface area contributed by atoms with Crippen LogP contribution in [0.2, 0.25) is 0 Å². The number of para-hydroxylation sites is 1. The molecule has 1 aromatic rings. The van der Waals surface area contributed by atoms with E-state index in [2.05, 4.69) is 5.32 Å². The van der Waals surface area contributed by atoms with Crippen molar-refractivity contribution >= 4 is 23.3 Å². The zero-order valence-electron chi connectivity index (χ0n) is 14.2. The van der Waals surface area contributed by atoms with Gasteiger partial charge >= 0.3 is 0 Å². The summed E-state index contributed by atoms with van der Waals surface area (Å²) in [4.78, 5) is 39.0. The van der Waals surface area contributed by atoms with E-state index in [-0.39, 0.29) is 17.9 Å². The normalized spacial score (nSPS) is 19.5. The van der Waals surface area contributed by atoms with Gasteiger partial charge in [-0.3, -0.25) is 19.3 Å². The maximum Gasteiger partial charge on any atom is 0.300 e. The first-order valence-electron chi connectivity index (χ1n) is 8.78. The zero-order chi connectivity index (χ0) is 17.3. The number of hydrogen-bond donors (Lipinski definition) is 1. The molecule has 1 N–H and O–H groups in total. The highest BCUT2D eigenvalue weighted by molar-refractivity contribution is 6.52. The molecule has 128 valence electrons. The van der Waals surface area contributed by atoms with E-state index in [9.17, 15) is 14.4 Å². The molecular weight excluding hydrogens is 304 g/mol. The molecule has 0 radical (unpaired) electrons. The van der Waals surface area contributed by atoms with Crippen molar-refractivity contribution in [1.82, 2.24) is 5.32 Å². The largest absolute Gasteiger partial charge is 0.352 e. The minimum atomic E-state index is -0.660. The van der Waals surface area contributed by atoms with Gasteiger partial charge in [0.05, 0.1) is 11.3 Å². The number of carbonyl (C=O) groups is 3. The van der Waals surface area contributed by atoms with Crippen LogP contribution >= 0.6 is 0 Å². The van der Waals surface area contributed by atoms with E-state index in [1.807, 2.05) is 13.8 Å². The number of ketones is 1. The van der Waals surface area contributed by atoms with Crippen molar-refractivity contribution in [2.24, 2.45) is 5.92 Å². The monoisotopic (exact) mass is 328 g/mol. The quantitative estimate of drug-likeness (QED) is 0.864. The van der Waals surface area contributed by atoms with E-state index in [1.54, 1.807) is 24.3 Å². The van der Waals surface area contributed by atoms with E-state index in [4.69, 9.17) is 0 Å². The first-order valence-corrected chi connectivity index (χ1v) is 8.78. The van der Waals surface area contributed by atoms with Crippen LogP contribution in [0, 0.1) is 5.92 Å². The van der Waals surface area contributed by atoms with Gasteiger partial charge < -0.3 is 5.32 Å². The van der Waals surface area contributed by atoms with Crippen LogP contribution in [0.3, 0.4) is 0 Å². The second-order valence-electron chi connectivity index (χ2n) is 7.05. The van der Waals surface area contributed by atoms with Crippen molar-refractivity contribution in [3.05, 3.63) is 29.8 Å². The highest BCUT2D eigenvalue weighted by Crippen LogP contribution is 2.32. The Morgan fingerprint density at radius 1 is 1.12 bits per heavy atom. The third-order valence-corrected chi connectivity index (χ3v) is 4.95. The summed E-state index contributed by atoms with van der Waals surface area (Å²) in [5, 5.41) is 3.10. The number of fused-ring (bicyclic) bond motifs is 1. The number of rotatable bonds is 4. The fourth-order valence-corrected chi connectivity index (χ4v) is 3.74. The minimum Gasteiger partial charge on any atom is -0.352 e. The number of nitrogens with zero attached hydrogens (tertiary/aromatic N) is 1.